The van der Waals surface area contributed by atoms with Gasteiger partial charge in [-0.15, -0.1) is 11.3 Å². The molecule has 29 heavy (non-hydrogen) atoms. The molecule has 3 rings (SSSR count). The van der Waals surface area contributed by atoms with E-state index in [9.17, 15) is 19.7 Å². The van der Waals surface area contributed by atoms with E-state index in [4.69, 9.17) is 9.47 Å². The van der Waals surface area contributed by atoms with E-state index in [1.54, 1.807) is 6.92 Å². The van der Waals surface area contributed by atoms with Gasteiger partial charge in [0.1, 0.15) is 10.8 Å². The monoisotopic (exact) mass is 418 g/mol. The molecule has 0 unspecified atom stereocenters. The van der Waals surface area contributed by atoms with Crippen LogP contribution in [0.4, 0.5) is 10.7 Å². The molecule has 1 heterocycles. The number of thiophene rings is 1. The quantitative estimate of drug-likeness (QED) is 0.414. The minimum Gasteiger partial charge on any atom is -0.484 e. The summed E-state index contributed by atoms with van der Waals surface area (Å²) in [7, 11) is 0. The number of amides is 1. The van der Waals surface area contributed by atoms with Crippen LogP contribution < -0.4 is 10.1 Å². The van der Waals surface area contributed by atoms with Crippen molar-refractivity contribution < 1.29 is 24.0 Å². The third-order valence-corrected chi connectivity index (χ3v) is 5.83. The van der Waals surface area contributed by atoms with Gasteiger partial charge in [0.25, 0.3) is 11.6 Å². The number of nitrogens with zero attached hydrogens (tertiary/aromatic N) is 1. The van der Waals surface area contributed by atoms with Crippen LogP contribution in [0.25, 0.3) is 0 Å². The Bertz CT molecular complexity index is 922. The standard InChI is InChI=1S/C20H22N2O6S/c1-3-27-20(24)18-15-9-4-12(2)10-16(15)29-19(18)21-17(23)11-28-14-7-5-13(6-8-14)22(25)26/h5-8,12H,3-4,9-11H2,1-2H3,(H,21,23)/t12-/m1/s1. The number of hydrogen-bond acceptors (Lipinski definition) is 7. The maximum absolute atomic E-state index is 12.5. The highest BCUT2D eigenvalue weighted by Gasteiger charge is 2.29. The molecule has 0 bridgehead atoms. The van der Waals surface area contributed by atoms with Gasteiger partial charge in [-0.2, -0.15) is 0 Å². The van der Waals surface area contributed by atoms with Gasteiger partial charge in [-0.05, 0) is 49.8 Å². The van der Waals surface area contributed by atoms with E-state index in [2.05, 4.69) is 12.2 Å². The third kappa shape index (κ3) is 4.92. The summed E-state index contributed by atoms with van der Waals surface area (Å²) in [5.41, 5.74) is 1.36. The van der Waals surface area contributed by atoms with Crippen LogP contribution >= 0.6 is 11.3 Å². The summed E-state index contributed by atoms with van der Waals surface area (Å²) >= 11 is 1.41. The number of rotatable bonds is 7. The van der Waals surface area contributed by atoms with Gasteiger partial charge in [-0.3, -0.25) is 14.9 Å². The van der Waals surface area contributed by atoms with Crippen LogP contribution in [0.5, 0.6) is 5.75 Å². The summed E-state index contributed by atoms with van der Waals surface area (Å²) in [4.78, 5) is 36.1. The zero-order valence-electron chi connectivity index (χ0n) is 16.2. The molecule has 1 aliphatic carbocycles. The fraction of sp³-hybridized carbons (Fsp3) is 0.400. The zero-order chi connectivity index (χ0) is 21.0. The lowest BCUT2D eigenvalue weighted by Crippen LogP contribution is -2.21. The summed E-state index contributed by atoms with van der Waals surface area (Å²) in [5, 5.41) is 13.9. The Kier molecular flexibility index (Phi) is 6.48. The molecule has 1 aromatic heterocycles. The number of ether oxygens (including phenoxy) is 2. The molecule has 154 valence electrons. The number of esters is 1. The molecule has 0 radical (unpaired) electrons. The lowest BCUT2D eigenvalue weighted by Gasteiger charge is -2.18. The third-order valence-electron chi connectivity index (χ3n) is 4.66. The number of fused-ring (bicyclic) bond motifs is 1. The van der Waals surface area contributed by atoms with Crippen LogP contribution in [0.15, 0.2) is 24.3 Å². The highest BCUT2D eigenvalue weighted by molar-refractivity contribution is 7.17. The van der Waals surface area contributed by atoms with Gasteiger partial charge in [0.15, 0.2) is 6.61 Å². The molecular weight excluding hydrogens is 396 g/mol. The van der Waals surface area contributed by atoms with Crippen LogP contribution in [-0.2, 0) is 22.4 Å². The number of benzene rings is 1. The van der Waals surface area contributed by atoms with Crippen molar-refractivity contribution in [1.82, 2.24) is 0 Å². The molecule has 8 nitrogen and oxygen atoms in total. The first kappa shape index (κ1) is 20.8. The Morgan fingerprint density at radius 3 is 2.69 bits per heavy atom. The average Bonchev–Trinajstić information content (AvgIpc) is 3.03. The minimum atomic E-state index is -0.507. The van der Waals surface area contributed by atoms with Crippen LogP contribution in [-0.4, -0.2) is 30.0 Å². The molecular formula is C20H22N2O6S. The van der Waals surface area contributed by atoms with Crippen molar-refractivity contribution in [3.8, 4) is 5.75 Å². The van der Waals surface area contributed by atoms with Gasteiger partial charge in [0.2, 0.25) is 0 Å². The first-order valence-electron chi connectivity index (χ1n) is 9.37. The first-order valence-corrected chi connectivity index (χ1v) is 10.2. The van der Waals surface area contributed by atoms with E-state index in [-0.39, 0.29) is 18.9 Å². The predicted molar refractivity (Wildman–Crippen MR) is 109 cm³/mol. The van der Waals surface area contributed by atoms with Gasteiger partial charge in [0.05, 0.1) is 17.1 Å². The van der Waals surface area contributed by atoms with E-state index in [1.165, 1.54) is 35.6 Å². The second-order valence-corrected chi connectivity index (χ2v) is 7.97. The molecule has 2 aromatic rings. The molecule has 0 fully saturated rings. The SMILES string of the molecule is CCOC(=O)c1c(NC(=O)COc2ccc([N+](=O)[O-])cc2)sc2c1CC[C@@H](C)C2. The van der Waals surface area contributed by atoms with Gasteiger partial charge < -0.3 is 14.8 Å². The van der Waals surface area contributed by atoms with Gasteiger partial charge >= 0.3 is 5.97 Å². The largest absolute Gasteiger partial charge is 0.484 e. The summed E-state index contributed by atoms with van der Waals surface area (Å²) in [6.45, 7) is 3.90. The van der Waals surface area contributed by atoms with Gasteiger partial charge in [0, 0.05) is 17.0 Å². The van der Waals surface area contributed by atoms with Crippen molar-refractivity contribution in [2.45, 2.75) is 33.1 Å². The summed E-state index contributed by atoms with van der Waals surface area (Å²) < 4.78 is 10.6. The lowest BCUT2D eigenvalue weighted by molar-refractivity contribution is -0.384. The number of hydrogen-bond donors (Lipinski definition) is 1. The Labute approximate surface area is 172 Å². The van der Waals surface area contributed by atoms with E-state index >= 15 is 0 Å². The maximum atomic E-state index is 12.5. The smallest absolute Gasteiger partial charge is 0.341 e. The number of non-ortho nitro benzene ring substituents is 1. The summed E-state index contributed by atoms with van der Waals surface area (Å²) in [6.07, 6.45) is 2.66. The highest BCUT2D eigenvalue weighted by Crippen LogP contribution is 2.40. The molecule has 0 saturated heterocycles. The number of nitrogens with one attached hydrogen (secondary N) is 1. The molecule has 0 aliphatic heterocycles. The first-order chi connectivity index (χ1) is 13.9. The average molecular weight is 418 g/mol. The van der Waals surface area contributed by atoms with Crippen LogP contribution in [0.3, 0.4) is 0 Å². The minimum absolute atomic E-state index is 0.0562. The lowest BCUT2D eigenvalue weighted by atomic mass is 9.88. The molecule has 1 aromatic carbocycles. The summed E-state index contributed by atoms with van der Waals surface area (Å²) in [6, 6.07) is 5.47. The normalized spacial score (nSPS) is 15.3. The van der Waals surface area contributed by atoms with Crippen molar-refractivity contribution in [3.63, 3.8) is 0 Å². The topological polar surface area (TPSA) is 108 Å². The molecule has 1 aliphatic rings. The van der Waals surface area contributed by atoms with E-state index in [0.717, 1.165) is 29.7 Å². The second-order valence-electron chi connectivity index (χ2n) is 6.86. The van der Waals surface area contributed by atoms with E-state index in [1.807, 2.05) is 0 Å². The van der Waals surface area contributed by atoms with E-state index < -0.39 is 16.8 Å². The Morgan fingerprint density at radius 2 is 2.03 bits per heavy atom. The van der Waals surface area contributed by atoms with E-state index in [0.29, 0.717) is 22.2 Å². The van der Waals surface area contributed by atoms with Gasteiger partial charge in [-0.1, -0.05) is 6.92 Å². The predicted octanol–water partition coefficient (Wildman–Crippen LogP) is 3.98. The van der Waals surface area contributed by atoms with Crippen LogP contribution in [0.2, 0.25) is 0 Å². The van der Waals surface area contributed by atoms with Crippen LogP contribution in [0.1, 0.15) is 41.1 Å². The molecule has 1 N–H and O–H groups in total. The number of carbonyl (C=O) groups excluding carboxylic acids is 2. The second kappa shape index (κ2) is 9.04. The number of nitro benzene ring substituents is 1. The fourth-order valence-electron chi connectivity index (χ4n) is 3.23. The van der Waals surface area contributed by atoms with Crippen molar-refractivity contribution in [2.75, 3.05) is 18.5 Å². The summed E-state index contributed by atoms with van der Waals surface area (Å²) in [5.74, 6) is 0.0348. The number of anilines is 1. The molecule has 1 atom stereocenters. The van der Waals surface area contributed by atoms with Crippen LogP contribution in [0, 0.1) is 16.0 Å². The number of nitro groups is 1. The molecule has 1 amide bonds. The highest BCUT2D eigenvalue weighted by atomic mass is 32.1. The Hall–Kier alpha value is -2.94. The zero-order valence-corrected chi connectivity index (χ0v) is 17.0. The maximum Gasteiger partial charge on any atom is 0.341 e. The van der Waals surface area contributed by atoms with Crippen molar-refractivity contribution in [2.24, 2.45) is 5.92 Å². The van der Waals surface area contributed by atoms with Crippen molar-refractivity contribution in [3.05, 3.63) is 50.4 Å². The number of carbonyl (C=O) groups is 2. The molecule has 0 saturated carbocycles. The molecule has 0 spiro atoms. The molecule has 9 heteroatoms. The Morgan fingerprint density at radius 1 is 1.31 bits per heavy atom. The Balaban J connectivity index is 1.70. The fourth-order valence-corrected chi connectivity index (χ4v) is 4.65. The van der Waals surface area contributed by atoms with Crippen molar-refractivity contribution in [1.29, 1.82) is 0 Å². The van der Waals surface area contributed by atoms with Crippen molar-refractivity contribution >= 4 is 33.9 Å². The van der Waals surface area contributed by atoms with Gasteiger partial charge in [-0.25, -0.2) is 4.79 Å².